The van der Waals surface area contributed by atoms with E-state index in [1.807, 2.05) is 18.1 Å². The van der Waals surface area contributed by atoms with E-state index in [2.05, 4.69) is 10.4 Å². The zero-order valence-electron chi connectivity index (χ0n) is 12.2. The third-order valence-electron chi connectivity index (χ3n) is 3.56. The lowest BCUT2D eigenvalue weighted by molar-refractivity contribution is -0.120. The maximum Gasteiger partial charge on any atom is 0.243 e. The zero-order chi connectivity index (χ0) is 14.5. The van der Waals surface area contributed by atoms with Gasteiger partial charge >= 0.3 is 0 Å². The van der Waals surface area contributed by atoms with Gasteiger partial charge in [-0.2, -0.15) is 5.10 Å². The molecule has 0 bridgehead atoms. The molecule has 0 spiro atoms. The van der Waals surface area contributed by atoms with Crippen molar-refractivity contribution in [2.24, 2.45) is 0 Å². The van der Waals surface area contributed by atoms with Crippen molar-refractivity contribution in [3.05, 3.63) is 12.3 Å². The van der Waals surface area contributed by atoms with Crippen molar-refractivity contribution in [3.8, 4) is 0 Å². The van der Waals surface area contributed by atoms with E-state index in [0.29, 0.717) is 25.4 Å². The van der Waals surface area contributed by atoms with Gasteiger partial charge in [0.2, 0.25) is 5.91 Å². The van der Waals surface area contributed by atoms with Crippen LogP contribution < -0.4 is 5.32 Å². The fourth-order valence-electron chi connectivity index (χ4n) is 2.38. The summed E-state index contributed by atoms with van der Waals surface area (Å²) in [4.78, 5) is 14.2. The Labute approximate surface area is 118 Å². The summed E-state index contributed by atoms with van der Waals surface area (Å²) >= 11 is 0. The number of rotatable bonds is 6. The number of aromatic nitrogens is 2. The number of likely N-dealkylation sites (tertiary alicyclic amines) is 1. The summed E-state index contributed by atoms with van der Waals surface area (Å²) in [6, 6.07) is 1.63. The molecule has 1 aromatic rings. The molecule has 1 aromatic heterocycles. The molecule has 1 aliphatic heterocycles. The molecular weight excluding hydrogens is 260 g/mol. The molecule has 0 aliphatic carbocycles. The van der Waals surface area contributed by atoms with E-state index in [1.165, 1.54) is 0 Å². The molecule has 112 valence electrons. The fourth-order valence-corrected chi connectivity index (χ4v) is 2.38. The molecule has 0 unspecified atom stereocenters. The molecular formula is C13H22N4O3. The molecule has 1 N–H and O–H groups in total. The number of nitrogens with one attached hydrogen (secondary N) is 1. The van der Waals surface area contributed by atoms with Crippen molar-refractivity contribution in [1.29, 1.82) is 0 Å². The summed E-state index contributed by atoms with van der Waals surface area (Å²) in [6.45, 7) is 2.04. The highest BCUT2D eigenvalue weighted by Crippen LogP contribution is 2.19. The van der Waals surface area contributed by atoms with Crippen LogP contribution in [0.2, 0.25) is 0 Å². The van der Waals surface area contributed by atoms with Crippen molar-refractivity contribution in [3.63, 3.8) is 0 Å². The first-order valence-electron chi connectivity index (χ1n) is 6.70. The van der Waals surface area contributed by atoms with Gasteiger partial charge in [0.1, 0.15) is 0 Å². The summed E-state index contributed by atoms with van der Waals surface area (Å²) in [6.07, 6.45) is 2.66. The van der Waals surface area contributed by atoms with Crippen LogP contribution in [0.1, 0.15) is 6.42 Å². The van der Waals surface area contributed by atoms with Gasteiger partial charge in [0, 0.05) is 33.0 Å². The molecule has 0 aromatic carbocycles. The van der Waals surface area contributed by atoms with Gasteiger partial charge in [-0.25, -0.2) is 0 Å². The van der Waals surface area contributed by atoms with Crippen LogP contribution in [0.4, 0.5) is 5.82 Å². The van der Waals surface area contributed by atoms with E-state index in [1.54, 1.807) is 25.0 Å². The largest absolute Gasteiger partial charge is 0.383 e. The van der Waals surface area contributed by atoms with Gasteiger partial charge in [-0.15, -0.1) is 0 Å². The monoisotopic (exact) mass is 282 g/mol. The lowest BCUT2D eigenvalue weighted by Crippen LogP contribution is -2.37. The Hall–Kier alpha value is -1.44. The fraction of sp³-hybridized carbons (Fsp3) is 0.692. The summed E-state index contributed by atoms with van der Waals surface area (Å²) in [5, 5.41) is 7.13. The van der Waals surface area contributed by atoms with E-state index >= 15 is 0 Å². The molecule has 1 fully saturated rings. The highest BCUT2D eigenvalue weighted by atomic mass is 16.5. The molecule has 20 heavy (non-hydrogen) atoms. The van der Waals surface area contributed by atoms with Crippen molar-refractivity contribution in [2.45, 2.75) is 25.1 Å². The molecule has 0 saturated carbocycles. The Kier molecular flexibility index (Phi) is 5.11. The molecule has 2 rings (SSSR count). The number of carbonyl (C=O) groups excluding carboxylic acids is 1. The van der Waals surface area contributed by atoms with Gasteiger partial charge in [0.15, 0.2) is 5.82 Å². The van der Waals surface area contributed by atoms with Crippen LogP contribution in [-0.4, -0.2) is 67.2 Å². The minimum atomic E-state index is -0.163. The first kappa shape index (κ1) is 15.0. The van der Waals surface area contributed by atoms with Crippen LogP contribution in [0.25, 0.3) is 0 Å². The number of ether oxygens (including phenoxy) is 2. The summed E-state index contributed by atoms with van der Waals surface area (Å²) < 4.78 is 12.0. The predicted octanol–water partition coefficient (Wildman–Crippen LogP) is 0.187. The minimum absolute atomic E-state index is 0.0379. The average molecular weight is 282 g/mol. The maximum absolute atomic E-state index is 12.2. The SMILES string of the molecule is COCCn1ccc(NC(=O)[C@@H]2C[C@H](OC)CN2C)n1. The maximum atomic E-state index is 12.2. The molecule has 0 radical (unpaired) electrons. The van der Waals surface area contributed by atoms with Gasteiger partial charge in [-0.3, -0.25) is 14.4 Å². The Balaban J connectivity index is 1.89. The van der Waals surface area contributed by atoms with Crippen LogP contribution in [0, 0.1) is 0 Å². The van der Waals surface area contributed by atoms with Gasteiger partial charge in [-0.05, 0) is 13.5 Å². The lowest BCUT2D eigenvalue weighted by atomic mass is 10.2. The second kappa shape index (κ2) is 6.83. The highest BCUT2D eigenvalue weighted by molar-refractivity contribution is 5.94. The number of anilines is 1. The van der Waals surface area contributed by atoms with Crippen molar-refractivity contribution >= 4 is 11.7 Å². The molecule has 1 saturated heterocycles. The number of nitrogens with zero attached hydrogens (tertiary/aromatic N) is 3. The van der Waals surface area contributed by atoms with E-state index in [-0.39, 0.29) is 18.1 Å². The zero-order valence-corrected chi connectivity index (χ0v) is 12.2. The molecule has 7 nitrogen and oxygen atoms in total. The molecule has 2 atom stereocenters. The topological polar surface area (TPSA) is 68.6 Å². The highest BCUT2D eigenvalue weighted by Gasteiger charge is 2.34. The van der Waals surface area contributed by atoms with Gasteiger partial charge in [-0.1, -0.05) is 0 Å². The number of hydrogen-bond donors (Lipinski definition) is 1. The van der Waals surface area contributed by atoms with E-state index in [0.717, 1.165) is 6.54 Å². The van der Waals surface area contributed by atoms with Crippen LogP contribution in [0.3, 0.4) is 0 Å². The van der Waals surface area contributed by atoms with Gasteiger partial charge < -0.3 is 14.8 Å². The summed E-state index contributed by atoms with van der Waals surface area (Å²) in [5.41, 5.74) is 0. The van der Waals surface area contributed by atoms with Crippen molar-refractivity contribution < 1.29 is 14.3 Å². The van der Waals surface area contributed by atoms with E-state index in [4.69, 9.17) is 9.47 Å². The van der Waals surface area contributed by atoms with E-state index < -0.39 is 0 Å². The lowest BCUT2D eigenvalue weighted by Gasteiger charge is -2.17. The van der Waals surface area contributed by atoms with Crippen LogP contribution in [0.5, 0.6) is 0 Å². The standard InChI is InChI=1S/C13H22N4O3/c1-16-9-10(20-3)8-11(16)13(18)14-12-4-5-17(15-12)6-7-19-2/h4-5,10-11H,6-9H2,1-3H3,(H,14,15,18)/t10-,11-/m0/s1. The molecule has 7 heteroatoms. The first-order valence-corrected chi connectivity index (χ1v) is 6.70. The quantitative estimate of drug-likeness (QED) is 0.806. The minimum Gasteiger partial charge on any atom is -0.383 e. The average Bonchev–Trinajstić information content (AvgIpc) is 3.02. The Morgan fingerprint density at radius 2 is 2.35 bits per heavy atom. The third-order valence-corrected chi connectivity index (χ3v) is 3.56. The van der Waals surface area contributed by atoms with Gasteiger partial charge in [0.25, 0.3) is 0 Å². The second-order valence-electron chi connectivity index (χ2n) is 4.99. The van der Waals surface area contributed by atoms with Crippen molar-refractivity contribution in [2.75, 3.05) is 39.7 Å². The Bertz CT molecular complexity index is 449. The van der Waals surface area contributed by atoms with Crippen LogP contribution in [0.15, 0.2) is 12.3 Å². The normalized spacial score (nSPS) is 23.1. The predicted molar refractivity (Wildman–Crippen MR) is 74.6 cm³/mol. The Morgan fingerprint density at radius 3 is 3.00 bits per heavy atom. The third kappa shape index (κ3) is 3.56. The summed E-state index contributed by atoms with van der Waals surface area (Å²) in [7, 11) is 5.26. The second-order valence-corrected chi connectivity index (χ2v) is 4.99. The number of amides is 1. The number of hydrogen-bond acceptors (Lipinski definition) is 5. The van der Waals surface area contributed by atoms with E-state index in [9.17, 15) is 4.79 Å². The molecule has 1 aliphatic rings. The number of methoxy groups -OCH3 is 2. The molecule has 1 amide bonds. The van der Waals surface area contributed by atoms with Crippen LogP contribution in [-0.2, 0) is 20.8 Å². The van der Waals surface area contributed by atoms with Crippen LogP contribution >= 0.6 is 0 Å². The number of carbonyl (C=O) groups is 1. The smallest absolute Gasteiger partial charge is 0.243 e. The number of likely N-dealkylation sites (N-methyl/N-ethyl adjacent to an activating group) is 1. The van der Waals surface area contributed by atoms with Crippen molar-refractivity contribution in [1.82, 2.24) is 14.7 Å². The Morgan fingerprint density at radius 1 is 1.55 bits per heavy atom. The summed E-state index contributed by atoms with van der Waals surface area (Å²) in [5.74, 6) is 0.532. The van der Waals surface area contributed by atoms with Gasteiger partial charge in [0.05, 0.1) is 25.3 Å². The molecule has 2 heterocycles. The first-order chi connectivity index (χ1) is 9.63.